The van der Waals surface area contributed by atoms with Crippen LogP contribution in [0.1, 0.15) is 0 Å². The number of pyridine rings is 2. The Kier molecular flexibility index (Phi) is 3.98. The highest BCUT2D eigenvalue weighted by atomic mass is 16.3. The molecule has 1 aliphatic heterocycles. The van der Waals surface area contributed by atoms with Crippen LogP contribution < -0.4 is 9.80 Å². The predicted octanol–water partition coefficient (Wildman–Crippen LogP) is 4.22. The third kappa shape index (κ3) is 3.01. The number of furan rings is 1. The number of hydrogen-bond acceptors (Lipinski definition) is 5. The summed E-state index contributed by atoms with van der Waals surface area (Å²) in [5.74, 6) is 0. The number of benzene rings is 1. The Bertz CT molecular complexity index is 1050. The fourth-order valence-electron chi connectivity index (χ4n) is 3.75. The largest absolute Gasteiger partial charge is 0.464 e. The van der Waals surface area contributed by atoms with E-state index in [-0.39, 0.29) is 0 Å². The Morgan fingerprint density at radius 3 is 2.48 bits per heavy atom. The summed E-state index contributed by atoms with van der Waals surface area (Å²) in [5.41, 5.74) is 5.48. The number of piperazine rings is 1. The van der Waals surface area contributed by atoms with E-state index in [0.29, 0.717) is 0 Å². The summed E-state index contributed by atoms with van der Waals surface area (Å²) in [6.45, 7) is 3.90. The molecule has 1 aromatic carbocycles. The van der Waals surface area contributed by atoms with E-state index >= 15 is 0 Å². The molecule has 0 atom stereocenters. The zero-order valence-electron chi connectivity index (χ0n) is 15.0. The summed E-state index contributed by atoms with van der Waals surface area (Å²) in [4.78, 5) is 13.7. The van der Waals surface area contributed by atoms with Crippen LogP contribution in [-0.2, 0) is 0 Å². The van der Waals surface area contributed by atoms with Gasteiger partial charge in [-0.15, -0.1) is 0 Å². The molecule has 3 aromatic heterocycles. The maximum absolute atomic E-state index is 5.47. The number of nitrogens with zero attached hydrogens (tertiary/aromatic N) is 4. The molecule has 0 unspecified atom stereocenters. The van der Waals surface area contributed by atoms with Crippen LogP contribution in [0.2, 0.25) is 0 Å². The van der Waals surface area contributed by atoms with Crippen LogP contribution in [0.5, 0.6) is 0 Å². The van der Waals surface area contributed by atoms with Crippen molar-refractivity contribution in [3.63, 3.8) is 0 Å². The van der Waals surface area contributed by atoms with Crippen LogP contribution in [0.4, 0.5) is 11.4 Å². The number of rotatable bonds is 3. The van der Waals surface area contributed by atoms with Crippen molar-refractivity contribution in [2.24, 2.45) is 0 Å². The lowest BCUT2D eigenvalue weighted by Gasteiger charge is -2.37. The van der Waals surface area contributed by atoms with Gasteiger partial charge >= 0.3 is 0 Å². The predicted molar refractivity (Wildman–Crippen MR) is 108 cm³/mol. The zero-order valence-corrected chi connectivity index (χ0v) is 15.0. The molecule has 4 heterocycles. The lowest BCUT2D eigenvalue weighted by molar-refractivity contribution is 0.616. The van der Waals surface area contributed by atoms with E-state index in [4.69, 9.17) is 9.40 Å². The van der Waals surface area contributed by atoms with E-state index in [2.05, 4.69) is 45.1 Å². The second-order valence-electron chi connectivity index (χ2n) is 6.72. The summed E-state index contributed by atoms with van der Waals surface area (Å²) >= 11 is 0. The van der Waals surface area contributed by atoms with Crippen molar-refractivity contribution in [1.29, 1.82) is 0 Å². The Hall–Kier alpha value is -3.34. The lowest BCUT2D eigenvalue weighted by Crippen LogP contribution is -2.46. The van der Waals surface area contributed by atoms with Gasteiger partial charge in [-0.1, -0.05) is 0 Å². The van der Waals surface area contributed by atoms with E-state index in [1.807, 2.05) is 36.8 Å². The van der Waals surface area contributed by atoms with E-state index < -0.39 is 0 Å². The van der Waals surface area contributed by atoms with Gasteiger partial charge in [0.2, 0.25) is 0 Å². The second-order valence-corrected chi connectivity index (χ2v) is 6.72. The van der Waals surface area contributed by atoms with Gasteiger partial charge in [0.1, 0.15) is 5.58 Å². The first kappa shape index (κ1) is 15.9. The summed E-state index contributed by atoms with van der Waals surface area (Å²) in [5, 5.41) is 1.10. The third-order valence-electron chi connectivity index (χ3n) is 5.16. The number of aromatic nitrogens is 2. The molecule has 0 aliphatic carbocycles. The molecule has 134 valence electrons. The van der Waals surface area contributed by atoms with Crippen LogP contribution in [0.3, 0.4) is 0 Å². The quantitative estimate of drug-likeness (QED) is 0.550. The molecule has 0 saturated carbocycles. The molecule has 0 bridgehead atoms. The van der Waals surface area contributed by atoms with E-state index in [0.717, 1.165) is 48.4 Å². The Morgan fingerprint density at radius 1 is 0.815 bits per heavy atom. The second kappa shape index (κ2) is 6.76. The van der Waals surface area contributed by atoms with Crippen molar-refractivity contribution in [2.45, 2.75) is 0 Å². The Balaban J connectivity index is 1.41. The highest BCUT2D eigenvalue weighted by molar-refractivity contribution is 5.86. The fraction of sp³-hybridized carbons (Fsp3) is 0.182. The van der Waals surface area contributed by atoms with Gasteiger partial charge in [-0.2, -0.15) is 0 Å². The van der Waals surface area contributed by atoms with Gasteiger partial charge in [0.25, 0.3) is 0 Å². The molecule has 5 nitrogen and oxygen atoms in total. The monoisotopic (exact) mass is 356 g/mol. The van der Waals surface area contributed by atoms with Gasteiger partial charge in [0, 0.05) is 61.4 Å². The standard InChI is InChI=1S/C22H20N4O/c1-2-20(26-13-11-25(12-14-26)19-5-9-23-10-6-19)22(24-8-1)18-3-4-21-17(16-18)7-15-27-21/h1-10,15-16H,11-14H2. The van der Waals surface area contributed by atoms with E-state index in [9.17, 15) is 0 Å². The maximum atomic E-state index is 5.47. The van der Waals surface area contributed by atoms with Crippen LogP contribution in [0.25, 0.3) is 22.2 Å². The molecule has 0 N–H and O–H groups in total. The number of anilines is 2. The van der Waals surface area contributed by atoms with Gasteiger partial charge in [-0.05, 0) is 48.5 Å². The van der Waals surface area contributed by atoms with Crippen molar-refractivity contribution in [3.8, 4) is 11.3 Å². The molecule has 0 spiro atoms. The first-order valence-electron chi connectivity index (χ1n) is 9.21. The number of hydrogen-bond donors (Lipinski definition) is 0. The molecule has 0 amide bonds. The van der Waals surface area contributed by atoms with Crippen molar-refractivity contribution >= 4 is 22.3 Å². The molecule has 1 aliphatic rings. The van der Waals surface area contributed by atoms with Crippen molar-refractivity contribution < 1.29 is 4.42 Å². The lowest BCUT2D eigenvalue weighted by atomic mass is 10.1. The Labute approximate surface area is 157 Å². The van der Waals surface area contributed by atoms with Gasteiger partial charge in [-0.25, -0.2) is 0 Å². The highest BCUT2D eigenvalue weighted by Crippen LogP contribution is 2.32. The molecule has 4 aromatic rings. The Morgan fingerprint density at radius 2 is 1.63 bits per heavy atom. The van der Waals surface area contributed by atoms with Crippen molar-refractivity contribution in [1.82, 2.24) is 9.97 Å². The normalized spacial score (nSPS) is 14.7. The van der Waals surface area contributed by atoms with Gasteiger partial charge < -0.3 is 14.2 Å². The van der Waals surface area contributed by atoms with Gasteiger partial charge in [0.15, 0.2) is 0 Å². The minimum Gasteiger partial charge on any atom is -0.464 e. The van der Waals surface area contributed by atoms with E-state index in [1.165, 1.54) is 11.4 Å². The molecule has 5 rings (SSSR count). The number of fused-ring (bicyclic) bond motifs is 1. The SMILES string of the molecule is c1cnc(-c2ccc3occc3c2)c(N2CCN(c3ccncc3)CC2)c1. The minimum atomic E-state index is 0.905. The first-order chi connectivity index (χ1) is 13.4. The van der Waals surface area contributed by atoms with Crippen LogP contribution in [-0.4, -0.2) is 36.1 Å². The molecule has 27 heavy (non-hydrogen) atoms. The molecule has 5 heteroatoms. The summed E-state index contributed by atoms with van der Waals surface area (Å²) < 4.78 is 5.47. The maximum Gasteiger partial charge on any atom is 0.133 e. The third-order valence-corrected chi connectivity index (χ3v) is 5.16. The zero-order chi connectivity index (χ0) is 18.1. The minimum absolute atomic E-state index is 0.905. The average molecular weight is 356 g/mol. The molecule has 0 radical (unpaired) electrons. The molecule has 1 fully saturated rings. The van der Waals surface area contributed by atoms with Crippen molar-refractivity contribution in [2.75, 3.05) is 36.0 Å². The van der Waals surface area contributed by atoms with E-state index in [1.54, 1.807) is 6.26 Å². The van der Waals surface area contributed by atoms with Gasteiger partial charge in [0.05, 0.1) is 17.6 Å². The molecular formula is C22H20N4O. The molecule has 1 saturated heterocycles. The van der Waals surface area contributed by atoms with Crippen LogP contribution in [0, 0.1) is 0 Å². The fourth-order valence-corrected chi connectivity index (χ4v) is 3.75. The average Bonchev–Trinajstić information content (AvgIpc) is 3.22. The topological polar surface area (TPSA) is 45.4 Å². The molecular weight excluding hydrogens is 336 g/mol. The highest BCUT2D eigenvalue weighted by Gasteiger charge is 2.20. The van der Waals surface area contributed by atoms with Gasteiger partial charge in [-0.3, -0.25) is 9.97 Å². The summed E-state index contributed by atoms with van der Waals surface area (Å²) in [6, 6.07) is 16.6. The summed E-state index contributed by atoms with van der Waals surface area (Å²) in [6.07, 6.45) is 7.30. The summed E-state index contributed by atoms with van der Waals surface area (Å²) in [7, 11) is 0. The van der Waals surface area contributed by atoms with Crippen LogP contribution in [0.15, 0.2) is 77.8 Å². The van der Waals surface area contributed by atoms with Crippen LogP contribution >= 0.6 is 0 Å². The smallest absolute Gasteiger partial charge is 0.133 e. The first-order valence-corrected chi connectivity index (χ1v) is 9.21. The van der Waals surface area contributed by atoms with Crippen molar-refractivity contribution in [3.05, 3.63) is 73.4 Å².